The zero-order chi connectivity index (χ0) is 17.4. The Labute approximate surface area is 155 Å². The Balaban J connectivity index is 1.55. The van der Waals surface area contributed by atoms with Crippen LogP contribution in [0.4, 0.5) is 0 Å². The van der Waals surface area contributed by atoms with Gasteiger partial charge in [0, 0.05) is 23.7 Å². The Morgan fingerprint density at radius 1 is 1.12 bits per heavy atom. The molecule has 1 fully saturated rings. The predicted octanol–water partition coefficient (Wildman–Crippen LogP) is 4.97. The highest BCUT2D eigenvalue weighted by Crippen LogP contribution is 2.32. The van der Waals surface area contributed by atoms with Crippen LogP contribution < -0.4 is 0 Å². The minimum absolute atomic E-state index is 0.188. The maximum Gasteiger partial charge on any atom is 0.227 e. The Kier molecular flexibility index (Phi) is 4.40. The number of hydrogen-bond acceptors (Lipinski definition) is 3. The number of carbonyl (C=O) groups is 1. The molecule has 3 aromatic rings. The van der Waals surface area contributed by atoms with Gasteiger partial charge in [-0.15, -0.1) is 0 Å². The molecule has 0 unspecified atom stereocenters. The van der Waals surface area contributed by atoms with Gasteiger partial charge in [0.1, 0.15) is 5.52 Å². The number of carbonyl (C=O) groups excluding carboxylic acids is 1. The van der Waals surface area contributed by atoms with Crippen molar-refractivity contribution >= 4 is 40.2 Å². The summed E-state index contributed by atoms with van der Waals surface area (Å²) in [6.07, 6.45) is 2.64. The van der Waals surface area contributed by atoms with Gasteiger partial charge in [0.25, 0.3) is 0 Å². The van der Waals surface area contributed by atoms with E-state index in [0.29, 0.717) is 33.5 Å². The number of amides is 1. The summed E-state index contributed by atoms with van der Waals surface area (Å²) in [5.41, 5.74) is 2.97. The van der Waals surface area contributed by atoms with E-state index in [0.717, 1.165) is 37.1 Å². The molecule has 6 heteroatoms. The predicted molar refractivity (Wildman–Crippen MR) is 99.0 cm³/mol. The lowest BCUT2D eigenvalue weighted by atomic mass is 10.1. The fraction of sp³-hybridized carbons (Fsp3) is 0.263. The lowest BCUT2D eigenvalue weighted by molar-refractivity contribution is -0.129. The molecule has 2 heterocycles. The van der Waals surface area contributed by atoms with Crippen LogP contribution in [0.5, 0.6) is 0 Å². The zero-order valence-electron chi connectivity index (χ0n) is 13.5. The van der Waals surface area contributed by atoms with Crippen molar-refractivity contribution in [3.63, 3.8) is 0 Å². The topological polar surface area (TPSA) is 46.3 Å². The van der Waals surface area contributed by atoms with E-state index in [2.05, 4.69) is 4.98 Å². The maximum absolute atomic E-state index is 12.2. The van der Waals surface area contributed by atoms with Gasteiger partial charge in [-0.25, -0.2) is 4.98 Å². The van der Waals surface area contributed by atoms with E-state index in [4.69, 9.17) is 27.6 Å². The maximum atomic E-state index is 12.2. The van der Waals surface area contributed by atoms with Crippen LogP contribution in [0.3, 0.4) is 0 Å². The van der Waals surface area contributed by atoms with Gasteiger partial charge >= 0.3 is 0 Å². The van der Waals surface area contributed by atoms with Gasteiger partial charge in [0.2, 0.25) is 11.8 Å². The molecule has 25 heavy (non-hydrogen) atoms. The van der Waals surface area contributed by atoms with Gasteiger partial charge in [-0.3, -0.25) is 4.79 Å². The molecule has 2 aromatic carbocycles. The quantitative estimate of drug-likeness (QED) is 0.650. The number of aromatic nitrogens is 1. The second kappa shape index (κ2) is 6.70. The van der Waals surface area contributed by atoms with Gasteiger partial charge in [-0.1, -0.05) is 35.3 Å². The first kappa shape index (κ1) is 16.4. The summed E-state index contributed by atoms with van der Waals surface area (Å²) in [6.45, 7) is 1.76. The summed E-state index contributed by atoms with van der Waals surface area (Å²) in [6, 6.07) is 11.0. The van der Waals surface area contributed by atoms with Crippen LogP contribution in [0.15, 0.2) is 40.8 Å². The Morgan fingerprint density at radius 2 is 1.84 bits per heavy atom. The normalized spacial score (nSPS) is 14.4. The summed E-state index contributed by atoms with van der Waals surface area (Å²) in [4.78, 5) is 18.6. The van der Waals surface area contributed by atoms with Crippen molar-refractivity contribution in [2.75, 3.05) is 13.1 Å². The highest BCUT2D eigenvalue weighted by atomic mass is 35.5. The number of rotatable bonds is 3. The first-order chi connectivity index (χ1) is 12.1. The van der Waals surface area contributed by atoms with Gasteiger partial charge in [0.05, 0.1) is 11.4 Å². The van der Waals surface area contributed by atoms with E-state index in [1.165, 1.54) is 0 Å². The number of halogens is 2. The molecule has 1 saturated heterocycles. The molecule has 1 aromatic heterocycles. The molecule has 4 rings (SSSR count). The average molecular weight is 375 g/mol. The van der Waals surface area contributed by atoms with Crippen molar-refractivity contribution in [2.45, 2.75) is 19.3 Å². The van der Waals surface area contributed by atoms with Crippen molar-refractivity contribution in [2.24, 2.45) is 0 Å². The lowest BCUT2D eigenvalue weighted by Gasteiger charge is -2.15. The lowest BCUT2D eigenvalue weighted by Crippen LogP contribution is -2.28. The van der Waals surface area contributed by atoms with Gasteiger partial charge in [-0.2, -0.15) is 0 Å². The molecular weight excluding hydrogens is 359 g/mol. The molecule has 1 aliphatic heterocycles. The van der Waals surface area contributed by atoms with Crippen molar-refractivity contribution in [1.29, 1.82) is 0 Å². The van der Waals surface area contributed by atoms with Gasteiger partial charge < -0.3 is 9.32 Å². The van der Waals surface area contributed by atoms with Crippen molar-refractivity contribution in [3.8, 4) is 11.5 Å². The van der Waals surface area contributed by atoms with E-state index in [9.17, 15) is 4.79 Å². The summed E-state index contributed by atoms with van der Waals surface area (Å²) in [5.74, 6) is 0.671. The van der Waals surface area contributed by atoms with Crippen LogP contribution in [0.25, 0.3) is 22.6 Å². The van der Waals surface area contributed by atoms with Crippen LogP contribution in [-0.2, 0) is 11.2 Å². The highest BCUT2D eigenvalue weighted by molar-refractivity contribution is 6.38. The van der Waals surface area contributed by atoms with Gasteiger partial charge in [0.15, 0.2) is 5.58 Å². The second-order valence-electron chi connectivity index (χ2n) is 6.22. The van der Waals surface area contributed by atoms with Crippen LogP contribution in [0, 0.1) is 0 Å². The summed E-state index contributed by atoms with van der Waals surface area (Å²) in [5, 5.41) is 0.960. The van der Waals surface area contributed by atoms with Crippen molar-refractivity contribution in [1.82, 2.24) is 9.88 Å². The molecule has 128 valence electrons. The first-order valence-corrected chi connectivity index (χ1v) is 8.98. The van der Waals surface area contributed by atoms with Crippen LogP contribution in [-0.4, -0.2) is 28.9 Å². The van der Waals surface area contributed by atoms with E-state index < -0.39 is 0 Å². The minimum Gasteiger partial charge on any atom is -0.435 e. The summed E-state index contributed by atoms with van der Waals surface area (Å²) in [7, 11) is 0. The SMILES string of the molecule is O=C(Cc1ccc(-c2nc3cc(Cl)cc(Cl)c3o2)cc1)N1CCCC1. The zero-order valence-corrected chi connectivity index (χ0v) is 15.0. The Bertz CT molecular complexity index is 928. The molecule has 0 radical (unpaired) electrons. The highest BCUT2D eigenvalue weighted by Gasteiger charge is 2.18. The number of fused-ring (bicyclic) bond motifs is 1. The number of hydrogen-bond donors (Lipinski definition) is 0. The average Bonchev–Trinajstić information content (AvgIpc) is 3.25. The third-order valence-electron chi connectivity index (χ3n) is 4.42. The number of benzene rings is 2. The fourth-order valence-corrected chi connectivity index (χ4v) is 3.62. The minimum atomic E-state index is 0.188. The largest absolute Gasteiger partial charge is 0.435 e. The van der Waals surface area contributed by atoms with E-state index >= 15 is 0 Å². The third-order valence-corrected chi connectivity index (χ3v) is 4.92. The number of likely N-dealkylation sites (tertiary alicyclic amines) is 1. The molecular formula is C19H16Cl2N2O2. The number of oxazole rings is 1. The first-order valence-electron chi connectivity index (χ1n) is 8.23. The monoisotopic (exact) mass is 374 g/mol. The molecule has 0 bridgehead atoms. The summed E-state index contributed by atoms with van der Waals surface area (Å²) >= 11 is 12.1. The standard InChI is InChI=1S/C19H16Cl2N2O2/c20-14-10-15(21)18-16(11-14)22-19(25-18)13-5-3-12(4-6-13)9-17(24)23-7-1-2-8-23/h3-6,10-11H,1-2,7-9H2. The Morgan fingerprint density at radius 3 is 2.56 bits per heavy atom. The summed E-state index contributed by atoms with van der Waals surface area (Å²) < 4.78 is 5.77. The molecule has 1 amide bonds. The fourth-order valence-electron chi connectivity index (χ4n) is 3.10. The van der Waals surface area contributed by atoms with Crippen LogP contribution in [0.1, 0.15) is 18.4 Å². The van der Waals surface area contributed by atoms with Gasteiger partial charge in [-0.05, 0) is 42.7 Å². The molecule has 0 atom stereocenters. The van der Waals surface area contributed by atoms with Crippen molar-refractivity contribution < 1.29 is 9.21 Å². The van der Waals surface area contributed by atoms with E-state index in [-0.39, 0.29) is 5.91 Å². The van der Waals surface area contributed by atoms with E-state index in [1.54, 1.807) is 12.1 Å². The number of nitrogens with zero attached hydrogens (tertiary/aromatic N) is 2. The molecule has 1 aliphatic rings. The second-order valence-corrected chi connectivity index (χ2v) is 7.06. The Hall–Kier alpha value is -2.04. The molecule has 0 spiro atoms. The molecule has 0 N–H and O–H groups in total. The third kappa shape index (κ3) is 3.37. The molecule has 4 nitrogen and oxygen atoms in total. The van der Waals surface area contributed by atoms with Crippen LogP contribution in [0.2, 0.25) is 10.0 Å². The smallest absolute Gasteiger partial charge is 0.227 e. The molecule has 0 aliphatic carbocycles. The van der Waals surface area contributed by atoms with E-state index in [1.807, 2.05) is 29.2 Å². The molecule has 0 saturated carbocycles. The van der Waals surface area contributed by atoms with Crippen molar-refractivity contribution in [3.05, 3.63) is 52.0 Å². The van der Waals surface area contributed by atoms with Crippen LogP contribution >= 0.6 is 23.2 Å².